The van der Waals surface area contributed by atoms with Gasteiger partial charge in [0.15, 0.2) is 5.65 Å². The van der Waals surface area contributed by atoms with Crippen molar-refractivity contribution in [1.29, 1.82) is 0 Å². The summed E-state index contributed by atoms with van der Waals surface area (Å²) in [5.74, 6) is 0.800. The van der Waals surface area contributed by atoms with Crippen molar-refractivity contribution < 1.29 is 4.74 Å². The number of nitrogens with zero attached hydrogens (tertiary/aromatic N) is 4. The predicted molar refractivity (Wildman–Crippen MR) is 63.9 cm³/mol. The van der Waals surface area contributed by atoms with E-state index in [9.17, 15) is 0 Å². The summed E-state index contributed by atoms with van der Waals surface area (Å²) in [6, 6.07) is 7.76. The topological polar surface area (TPSA) is 78.3 Å². The SMILES string of the molecule is CCOc1nn2c(N)nnc2c2ccccc12. The van der Waals surface area contributed by atoms with Crippen LogP contribution in [0.4, 0.5) is 5.95 Å². The zero-order valence-electron chi connectivity index (χ0n) is 9.29. The standard InChI is InChI=1S/C11H11N5O/c1-2-17-10-8-6-4-3-5-7(8)9-13-14-11(12)16(9)15-10/h3-6H,2H2,1H3,(H2,12,14). The lowest BCUT2D eigenvalue weighted by Crippen LogP contribution is -2.03. The molecule has 0 radical (unpaired) electrons. The Bertz CT molecular complexity index is 691. The Balaban J connectivity index is 2.47. The fourth-order valence-corrected chi connectivity index (χ4v) is 1.81. The minimum atomic E-state index is 0.256. The van der Waals surface area contributed by atoms with Gasteiger partial charge in [0, 0.05) is 10.8 Å². The van der Waals surface area contributed by atoms with E-state index in [4.69, 9.17) is 10.5 Å². The molecule has 6 nitrogen and oxygen atoms in total. The van der Waals surface area contributed by atoms with Crippen molar-refractivity contribution in [2.45, 2.75) is 6.92 Å². The molecule has 86 valence electrons. The number of hydrogen-bond acceptors (Lipinski definition) is 5. The van der Waals surface area contributed by atoms with Crippen molar-refractivity contribution in [3.8, 4) is 5.88 Å². The molecule has 0 bridgehead atoms. The normalized spacial score (nSPS) is 11.1. The summed E-state index contributed by atoms with van der Waals surface area (Å²) < 4.78 is 7.00. The molecule has 3 aromatic rings. The van der Waals surface area contributed by atoms with Crippen LogP contribution >= 0.6 is 0 Å². The van der Waals surface area contributed by atoms with Gasteiger partial charge >= 0.3 is 0 Å². The highest BCUT2D eigenvalue weighted by Crippen LogP contribution is 2.26. The van der Waals surface area contributed by atoms with E-state index < -0.39 is 0 Å². The van der Waals surface area contributed by atoms with Crippen LogP contribution < -0.4 is 10.5 Å². The molecule has 0 saturated heterocycles. The van der Waals surface area contributed by atoms with E-state index in [-0.39, 0.29) is 5.95 Å². The van der Waals surface area contributed by atoms with Gasteiger partial charge in [-0.05, 0) is 13.0 Å². The van der Waals surface area contributed by atoms with E-state index in [1.165, 1.54) is 4.52 Å². The summed E-state index contributed by atoms with van der Waals surface area (Å²) in [7, 11) is 0. The molecule has 0 saturated carbocycles. The summed E-state index contributed by atoms with van der Waals surface area (Å²) in [6.45, 7) is 2.46. The van der Waals surface area contributed by atoms with Crippen LogP contribution in [0.25, 0.3) is 16.4 Å². The Kier molecular flexibility index (Phi) is 2.07. The Labute approximate surface area is 97.0 Å². The molecule has 0 aliphatic carbocycles. The third kappa shape index (κ3) is 1.37. The van der Waals surface area contributed by atoms with Gasteiger partial charge in [-0.2, -0.15) is 4.52 Å². The second-order valence-corrected chi connectivity index (χ2v) is 3.58. The maximum atomic E-state index is 5.70. The van der Waals surface area contributed by atoms with Crippen LogP contribution in [-0.4, -0.2) is 26.4 Å². The lowest BCUT2D eigenvalue weighted by molar-refractivity contribution is 0.326. The Morgan fingerprint density at radius 2 is 2.00 bits per heavy atom. The highest BCUT2D eigenvalue weighted by atomic mass is 16.5. The molecule has 0 aliphatic rings. The fourth-order valence-electron chi connectivity index (χ4n) is 1.81. The number of ether oxygens (including phenoxy) is 1. The molecule has 0 amide bonds. The van der Waals surface area contributed by atoms with Crippen molar-refractivity contribution in [1.82, 2.24) is 19.8 Å². The van der Waals surface area contributed by atoms with Gasteiger partial charge in [-0.25, -0.2) is 0 Å². The molecule has 0 aliphatic heterocycles. The highest BCUT2D eigenvalue weighted by Gasteiger charge is 2.12. The quantitative estimate of drug-likeness (QED) is 0.715. The number of aromatic nitrogens is 4. The molecule has 6 heteroatoms. The van der Waals surface area contributed by atoms with E-state index in [1.807, 2.05) is 31.2 Å². The number of hydrogen-bond donors (Lipinski definition) is 1. The first-order valence-corrected chi connectivity index (χ1v) is 5.33. The van der Waals surface area contributed by atoms with Gasteiger partial charge in [0.1, 0.15) is 0 Å². The van der Waals surface area contributed by atoms with E-state index in [0.29, 0.717) is 18.1 Å². The van der Waals surface area contributed by atoms with Crippen LogP contribution in [0.5, 0.6) is 5.88 Å². The van der Waals surface area contributed by atoms with Crippen LogP contribution in [0.1, 0.15) is 6.92 Å². The van der Waals surface area contributed by atoms with E-state index in [0.717, 1.165) is 10.8 Å². The first-order valence-electron chi connectivity index (χ1n) is 5.33. The minimum Gasteiger partial charge on any atom is -0.476 e. The summed E-state index contributed by atoms with van der Waals surface area (Å²) in [5, 5.41) is 14.0. The zero-order chi connectivity index (χ0) is 11.8. The average molecular weight is 229 g/mol. The van der Waals surface area contributed by atoms with Gasteiger partial charge in [-0.1, -0.05) is 18.2 Å². The highest BCUT2D eigenvalue weighted by molar-refractivity contribution is 5.96. The number of nitrogens with two attached hydrogens (primary N) is 1. The summed E-state index contributed by atoms with van der Waals surface area (Å²) in [5.41, 5.74) is 6.34. The molecular formula is C11H11N5O. The van der Waals surface area contributed by atoms with Gasteiger partial charge < -0.3 is 10.5 Å². The largest absolute Gasteiger partial charge is 0.476 e. The van der Waals surface area contributed by atoms with Crippen molar-refractivity contribution in [2.75, 3.05) is 12.3 Å². The van der Waals surface area contributed by atoms with Crippen molar-refractivity contribution in [3.63, 3.8) is 0 Å². The summed E-state index contributed by atoms with van der Waals surface area (Å²) in [6.07, 6.45) is 0. The molecule has 2 N–H and O–H groups in total. The number of nitrogen functional groups attached to an aromatic ring is 1. The van der Waals surface area contributed by atoms with Gasteiger partial charge in [0.05, 0.1) is 6.61 Å². The van der Waals surface area contributed by atoms with Gasteiger partial charge in [-0.15, -0.1) is 15.3 Å². The van der Waals surface area contributed by atoms with Crippen molar-refractivity contribution in [2.24, 2.45) is 0 Å². The lowest BCUT2D eigenvalue weighted by Gasteiger charge is -2.07. The van der Waals surface area contributed by atoms with Crippen LogP contribution in [0, 0.1) is 0 Å². The molecule has 1 aromatic carbocycles. The van der Waals surface area contributed by atoms with Crippen LogP contribution in [0.3, 0.4) is 0 Å². The summed E-state index contributed by atoms with van der Waals surface area (Å²) in [4.78, 5) is 0. The van der Waals surface area contributed by atoms with Gasteiger partial charge in [-0.3, -0.25) is 0 Å². The van der Waals surface area contributed by atoms with E-state index in [1.54, 1.807) is 0 Å². The molecular weight excluding hydrogens is 218 g/mol. The monoisotopic (exact) mass is 229 g/mol. The van der Waals surface area contributed by atoms with Gasteiger partial charge in [0.25, 0.3) is 0 Å². The van der Waals surface area contributed by atoms with Crippen LogP contribution in [0.2, 0.25) is 0 Å². The molecule has 2 aromatic heterocycles. The average Bonchev–Trinajstić information content (AvgIpc) is 2.72. The number of benzene rings is 1. The van der Waals surface area contributed by atoms with Gasteiger partial charge in [0.2, 0.25) is 11.8 Å². The third-order valence-electron chi connectivity index (χ3n) is 2.54. The second-order valence-electron chi connectivity index (χ2n) is 3.58. The van der Waals surface area contributed by atoms with Crippen molar-refractivity contribution in [3.05, 3.63) is 24.3 Å². The predicted octanol–water partition coefficient (Wildman–Crippen LogP) is 1.26. The Morgan fingerprint density at radius 1 is 1.24 bits per heavy atom. The number of rotatable bonds is 2. The molecule has 0 atom stereocenters. The van der Waals surface area contributed by atoms with E-state index >= 15 is 0 Å². The van der Waals surface area contributed by atoms with Crippen LogP contribution in [0.15, 0.2) is 24.3 Å². The number of fused-ring (bicyclic) bond motifs is 3. The molecule has 17 heavy (non-hydrogen) atoms. The van der Waals surface area contributed by atoms with E-state index in [2.05, 4.69) is 15.3 Å². The smallest absolute Gasteiger partial charge is 0.243 e. The molecule has 0 fully saturated rings. The summed E-state index contributed by atoms with van der Waals surface area (Å²) >= 11 is 0. The first kappa shape index (κ1) is 9.83. The minimum absolute atomic E-state index is 0.256. The lowest BCUT2D eigenvalue weighted by atomic mass is 10.2. The fraction of sp³-hybridized carbons (Fsp3) is 0.182. The third-order valence-corrected chi connectivity index (χ3v) is 2.54. The van der Waals surface area contributed by atoms with Crippen molar-refractivity contribution >= 4 is 22.4 Å². The Morgan fingerprint density at radius 3 is 2.76 bits per heavy atom. The second kappa shape index (κ2) is 3.58. The first-order chi connectivity index (χ1) is 8.31. The maximum absolute atomic E-state index is 5.70. The molecule has 0 spiro atoms. The molecule has 0 unspecified atom stereocenters. The zero-order valence-corrected chi connectivity index (χ0v) is 9.29. The van der Waals surface area contributed by atoms with Crippen LogP contribution in [-0.2, 0) is 0 Å². The molecule has 2 heterocycles. The number of anilines is 1. The Hall–Kier alpha value is -2.37. The maximum Gasteiger partial charge on any atom is 0.243 e. The molecule has 3 rings (SSSR count).